The molecule has 216 valence electrons. The number of sulfonamides is 1. The smallest absolute Gasteiger partial charge is 0.308 e. The van der Waals surface area contributed by atoms with E-state index in [1.165, 1.54) is 44.2 Å². The Morgan fingerprint density at radius 2 is 1.50 bits per heavy atom. The van der Waals surface area contributed by atoms with Crippen molar-refractivity contribution >= 4 is 62.0 Å². The lowest BCUT2D eigenvalue weighted by atomic mass is 10.1. The summed E-state index contributed by atoms with van der Waals surface area (Å²) >= 11 is 5.91. The second kappa shape index (κ2) is 13.4. The van der Waals surface area contributed by atoms with Gasteiger partial charge >= 0.3 is 11.9 Å². The molecule has 11 heteroatoms. The van der Waals surface area contributed by atoms with Gasteiger partial charge in [0.15, 0.2) is 11.5 Å². The lowest BCUT2D eigenvalue weighted by Crippen LogP contribution is -2.26. The molecule has 0 aliphatic carbocycles. The number of benzene rings is 4. The Balaban J connectivity index is 1.50. The minimum Gasteiger partial charge on any atom is -0.423 e. The molecule has 4 aromatic rings. The van der Waals surface area contributed by atoms with Crippen molar-refractivity contribution in [2.75, 3.05) is 11.9 Å². The van der Waals surface area contributed by atoms with Gasteiger partial charge in [0.2, 0.25) is 15.9 Å². The van der Waals surface area contributed by atoms with Crippen LogP contribution in [-0.2, 0) is 30.8 Å². The molecule has 0 aromatic heterocycles. The largest absolute Gasteiger partial charge is 0.423 e. The first-order valence-corrected chi connectivity index (χ1v) is 14.6. The van der Waals surface area contributed by atoms with E-state index in [1.807, 2.05) is 12.1 Å². The highest BCUT2D eigenvalue weighted by molar-refractivity contribution is 7.89. The third-order valence-corrected chi connectivity index (χ3v) is 7.72. The molecule has 0 heterocycles. The van der Waals surface area contributed by atoms with Crippen LogP contribution in [0.25, 0.3) is 16.8 Å². The SMILES string of the molecule is CC(=O)Oc1ccc(/C=C/C(=O)Nc2cccc3c(S(=O)(=O)NCCc4ccc(Cl)cc4)cccc23)cc1OC(C)=O. The van der Waals surface area contributed by atoms with Crippen LogP contribution in [-0.4, -0.2) is 32.8 Å². The average Bonchev–Trinajstić information content (AvgIpc) is 2.93. The van der Waals surface area contributed by atoms with Gasteiger partial charge in [-0.05, 0) is 60.0 Å². The van der Waals surface area contributed by atoms with Crippen LogP contribution in [0.5, 0.6) is 11.5 Å². The number of amides is 1. The highest BCUT2D eigenvalue weighted by Gasteiger charge is 2.18. The zero-order chi connectivity index (χ0) is 30.3. The van der Waals surface area contributed by atoms with Crippen LogP contribution in [0.3, 0.4) is 0 Å². The van der Waals surface area contributed by atoms with Crippen LogP contribution in [0, 0.1) is 0 Å². The molecule has 4 rings (SSSR count). The molecule has 0 atom stereocenters. The summed E-state index contributed by atoms with van der Waals surface area (Å²) in [7, 11) is -3.85. The van der Waals surface area contributed by atoms with Crippen molar-refractivity contribution in [1.82, 2.24) is 4.72 Å². The van der Waals surface area contributed by atoms with Crippen LogP contribution >= 0.6 is 11.6 Å². The summed E-state index contributed by atoms with van der Waals surface area (Å²) < 4.78 is 39.2. The Hall–Kier alpha value is -4.51. The third-order valence-electron chi connectivity index (χ3n) is 5.95. The Kier molecular flexibility index (Phi) is 9.74. The molecule has 0 aliphatic heterocycles. The number of hydrogen-bond acceptors (Lipinski definition) is 7. The number of ether oxygens (including phenoxy) is 2. The standard InChI is InChI=1S/C31H27ClN2O7S/c1-20(35)40-28-15-11-23(19-29(28)41-21(2)36)12-16-31(37)34-27-7-3-6-26-25(27)5-4-8-30(26)42(38,39)33-18-17-22-9-13-24(32)14-10-22/h3-16,19,33H,17-18H2,1-2H3,(H,34,37)/b16-12+. The summed E-state index contributed by atoms with van der Waals surface area (Å²) in [5.41, 5.74) is 1.88. The van der Waals surface area contributed by atoms with Crippen LogP contribution in [0.15, 0.2) is 89.8 Å². The molecule has 9 nitrogen and oxygen atoms in total. The molecule has 0 radical (unpaired) electrons. The minimum absolute atomic E-state index is 0.0322. The summed E-state index contributed by atoms with van der Waals surface area (Å²) in [5.74, 6) is -1.55. The molecule has 4 aromatic carbocycles. The van der Waals surface area contributed by atoms with Gasteiger partial charge in [0.1, 0.15) is 0 Å². The quantitative estimate of drug-likeness (QED) is 0.138. The minimum atomic E-state index is -3.85. The fourth-order valence-corrected chi connectivity index (χ4v) is 5.51. The van der Waals surface area contributed by atoms with Crippen LogP contribution < -0.4 is 19.5 Å². The van der Waals surface area contributed by atoms with E-state index in [0.29, 0.717) is 33.5 Å². The van der Waals surface area contributed by atoms with Gasteiger partial charge in [-0.15, -0.1) is 0 Å². The predicted molar refractivity (Wildman–Crippen MR) is 161 cm³/mol. The molecule has 2 N–H and O–H groups in total. The van der Waals surface area contributed by atoms with Gasteiger partial charge in [-0.25, -0.2) is 13.1 Å². The maximum Gasteiger partial charge on any atom is 0.308 e. The summed E-state index contributed by atoms with van der Waals surface area (Å²) in [6.45, 7) is 2.63. The molecule has 0 fully saturated rings. The molecule has 1 amide bonds. The van der Waals surface area contributed by atoms with Gasteiger partial charge in [0.05, 0.1) is 4.90 Å². The molecule has 0 unspecified atom stereocenters. The van der Waals surface area contributed by atoms with Gasteiger partial charge in [-0.3, -0.25) is 14.4 Å². The normalized spacial score (nSPS) is 11.4. The van der Waals surface area contributed by atoms with Gasteiger partial charge in [-0.1, -0.05) is 54.1 Å². The van der Waals surface area contributed by atoms with E-state index < -0.39 is 27.9 Å². The lowest BCUT2D eigenvalue weighted by Gasteiger charge is -2.12. The topological polar surface area (TPSA) is 128 Å². The average molecular weight is 607 g/mol. The zero-order valence-corrected chi connectivity index (χ0v) is 24.3. The lowest BCUT2D eigenvalue weighted by molar-refractivity contribution is -0.134. The van der Waals surface area contributed by atoms with Crippen molar-refractivity contribution in [2.45, 2.75) is 25.2 Å². The van der Waals surface area contributed by atoms with Crippen LogP contribution in [0.1, 0.15) is 25.0 Å². The summed E-state index contributed by atoms with van der Waals surface area (Å²) in [5, 5.41) is 4.38. The summed E-state index contributed by atoms with van der Waals surface area (Å²) in [6.07, 6.45) is 3.26. The number of rotatable bonds is 10. The van der Waals surface area contributed by atoms with E-state index in [0.717, 1.165) is 5.56 Å². The second-order valence-corrected chi connectivity index (χ2v) is 11.3. The van der Waals surface area contributed by atoms with E-state index in [9.17, 15) is 22.8 Å². The van der Waals surface area contributed by atoms with Crippen molar-refractivity contribution in [1.29, 1.82) is 0 Å². The first kappa shape index (κ1) is 30.4. The van der Waals surface area contributed by atoms with E-state index in [-0.39, 0.29) is 22.9 Å². The highest BCUT2D eigenvalue weighted by Crippen LogP contribution is 2.30. The van der Waals surface area contributed by atoms with E-state index in [4.69, 9.17) is 21.1 Å². The number of anilines is 1. The number of esters is 2. The van der Waals surface area contributed by atoms with Crippen molar-refractivity contribution < 1.29 is 32.3 Å². The molecular weight excluding hydrogens is 580 g/mol. The number of carbonyl (C=O) groups is 3. The third kappa shape index (κ3) is 8.03. The number of nitrogens with one attached hydrogen (secondary N) is 2. The molecular formula is C31H27ClN2O7S. The van der Waals surface area contributed by atoms with Crippen molar-refractivity contribution in [3.63, 3.8) is 0 Å². The molecule has 0 saturated heterocycles. The Bertz CT molecular complexity index is 1790. The first-order valence-electron chi connectivity index (χ1n) is 12.8. The van der Waals surface area contributed by atoms with Crippen molar-refractivity contribution in [3.05, 3.63) is 101 Å². The predicted octanol–water partition coefficient (Wildman–Crippen LogP) is 5.52. The molecule has 0 spiro atoms. The molecule has 0 aliphatic rings. The fourth-order valence-electron chi connectivity index (χ4n) is 4.13. The number of carbonyl (C=O) groups excluding carboxylic acids is 3. The van der Waals surface area contributed by atoms with E-state index in [1.54, 1.807) is 48.5 Å². The second-order valence-electron chi connectivity index (χ2n) is 9.15. The zero-order valence-electron chi connectivity index (χ0n) is 22.7. The van der Waals surface area contributed by atoms with Crippen molar-refractivity contribution in [3.8, 4) is 11.5 Å². The van der Waals surface area contributed by atoms with Gasteiger partial charge in [0.25, 0.3) is 0 Å². The molecule has 0 saturated carbocycles. The maximum atomic E-state index is 13.2. The summed E-state index contributed by atoms with van der Waals surface area (Å²) in [4.78, 5) is 35.7. The van der Waals surface area contributed by atoms with Gasteiger partial charge in [-0.2, -0.15) is 0 Å². The molecule has 42 heavy (non-hydrogen) atoms. The van der Waals surface area contributed by atoms with Crippen LogP contribution in [0.2, 0.25) is 5.02 Å². The Labute approximate surface area is 248 Å². The highest BCUT2D eigenvalue weighted by atomic mass is 35.5. The first-order chi connectivity index (χ1) is 20.0. The Morgan fingerprint density at radius 1 is 0.833 bits per heavy atom. The van der Waals surface area contributed by atoms with Gasteiger partial charge < -0.3 is 14.8 Å². The van der Waals surface area contributed by atoms with Crippen LogP contribution in [0.4, 0.5) is 5.69 Å². The maximum absolute atomic E-state index is 13.2. The number of fused-ring (bicyclic) bond motifs is 1. The summed E-state index contributed by atoms with van der Waals surface area (Å²) in [6, 6.07) is 21.5. The molecule has 0 bridgehead atoms. The fraction of sp³-hybridized carbons (Fsp3) is 0.129. The Morgan fingerprint density at radius 3 is 2.21 bits per heavy atom. The number of hydrogen-bond donors (Lipinski definition) is 2. The van der Waals surface area contributed by atoms with E-state index in [2.05, 4.69) is 10.0 Å². The van der Waals surface area contributed by atoms with Crippen molar-refractivity contribution in [2.24, 2.45) is 0 Å². The number of halogens is 1. The van der Waals surface area contributed by atoms with E-state index >= 15 is 0 Å². The van der Waals surface area contributed by atoms with Gasteiger partial charge in [0, 0.05) is 48.0 Å². The monoisotopic (exact) mass is 606 g/mol.